The molecule has 0 aromatic rings. The van der Waals surface area contributed by atoms with Gasteiger partial charge in [0, 0.05) is 13.0 Å². The van der Waals surface area contributed by atoms with E-state index >= 15 is 0 Å². The molecular formula is C30H56O3. The van der Waals surface area contributed by atoms with Crippen LogP contribution in [0, 0.1) is 5.92 Å². The summed E-state index contributed by atoms with van der Waals surface area (Å²) < 4.78 is 0. The molecule has 0 amide bonds. The summed E-state index contributed by atoms with van der Waals surface area (Å²) in [4.78, 5) is 10.8. The van der Waals surface area contributed by atoms with Gasteiger partial charge in [0.2, 0.25) is 0 Å². The SMILES string of the molecule is CCCCC(CCCCCCCCC=CCC=CCCCCCCCCCO)CCC(=O)O. The molecule has 0 radical (unpaired) electrons. The first-order valence-electron chi connectivity index (χ1n) is 14.3. The summed E-state index contributed by atoms with van der Waals surface area (Å²) >= 11 is 0. The number of allylic oxidation sites excluding steroid dienone is 4. The van der Waals surface area contributed by atoms with Crippen molar-refractivity contribution in [2.45, 2.75) is 148 Å². The van der Waals surface area contributed by atoms with Crippen LogP contribution in [0.1, 0.15) is 148 Å². The van der Waals surface area contributed by atoms with Crippen molar-refractivity contribution in [1.29, 1.82) is 0 Å². The number of hydrogen-bond donors (Lipinski definition) is 2. The molecule has 1 atom stereocenters. The van der Waals surface area contributed by atoms with E-state index in [1.54, 1.807) is 0 Å². The van der Waals surface area contributed by atoms with Crippen LogP contribution in [0.5, 0.6) is 0 Å². The lowest BCUT2D eigenvalue weighted by molar-refractivity contribution is -0.137. The van der Waals surface area contributed by atoms with Gasteiger partial charge in [-0.3, -0.25) is 4.79 Å². The first kappa shape index (κ1) is 31.9. The molecule has 0 aromatic carbocycles. The van der Waals surface area contributed by atoms with E-state index in [1.165, 1.54) is 116 Å². The number of carboxylic acid groups (broad SMARTS) is 1. The molecule has 1 unspecified atom stereocenters. The standard InChI is InChI=1S/C30H56O3/c1-2-3-24-29(26-27-30(32)33)25-22-20-18-16-14-12-10-8-6-4-5-7-9-11-13-15-17-19-21-23-28-31/h5-8,29,31H,2-4,9-28H2,1H3,(H,32,33). The lowest BCUT2D eigenvalue weighted by Gasteiger charge is -2.15. The highest BCUT2D eigenvalue weighted by Gasteiger charge is 2.10. The second-order valence-corrected chi connectivity index (χ2v) is 9.81. The van der Waals surface area contributed by atoms with Crippen LogP contribution in [-0.4, -0.2) is 22.8 Å². The van der Waals surface area contributed by atoms with Gasteiger partial charge in [0.15, 0.2) is 0 Å². The number of carbonyl (C=O) groups is 1. The predicted molar refractivity (Wildman–Crippen MR) is 144 cm³/mol. The van der Waals surface area contributed by atoms with Crippen molar-refractivity contribution in [2.75, 3.05) is 6.61 Å². The van der Waals surface area contributed by atoms with Gasteiger partial charge in [0.05, 0.1) is 0 Å². The van der Waals surface area contributed by atoms with Crippen LogP contribution < -0.4 is 0 Å². The topological polar surface area (TPSA) is 57.5 Å². The van der Waals surface area contributed by atoms with E-state index in [0.29, 0.717) is 18.9 Å². The van der Waals surface area contributed by atoms with E-state index in [0.717, 1.165) is 19.3 Å². The zero-order chi connectivity index (χ0) is 24.2. The monoisotopic (exact) mass is 464 g/mol. The summed E-state index contributed by atoms with van der Waals surface area (Å²) in [6.45, 7) is 2.56. The van der Waals surface area contributed by atoms with Crippen LogP contribution >= 0.6 is 0 Å². The molecule has 0 rings (SSSR count). The molecule has 0 aromatic heterocycles. The fourth-order valence-corrected chi connectivity index (χ4v) is 4.42. The molecule has 194 valence electrons. The van der Waals surface area contributed by atoms with E-state index in [-0.39, 0.29) is 0 Å². The quantitative estimate of drug-likeness (QED) is 0.0989. The third-order valence-corrected chi connectivity index (χ3v) is 6.60. The zero-order valence-corrected chi connectivity index (χ0v) is 22.0. The Morgan fingerprint density at radius 2 is 1.12 bits per heavy atom. The molecule has 0 bridgehead atoms. The average Bonchev–Trinajstić information content (AvgIpc) is 2.81. The zero-order valence-electron chi connectivity index (χ0n) is 22.0. The van der Waals surface area contributed by atoms with Crippen molar-refractivity contribution >= 4 is 5.97 Å². The second kappa shape index (κ2) is 27.2. The minimum atomic E-state index is -0.644. The predicted octanol–water partition coefficient (Wildman–Crippen LogP) is 9.39. The Morgan fingerprint density at radius 1 is 0.636 bits per heavy atom. The second-order valence-electron chi connectivity index (χ2n) is 9.81. The lowest BCUT2D eigenvalue weighted by atomic mass is 9.91. The van der Waals surface area contributed by atoms with Crippen molar-refractivity contribution in [2.24, 2.45) is 5.92 Å². The van der Waals surface area contributed by atoms with Crippen LogP contribution in [0.4, 0.5) is 0 Å². The molecule has 0 aliphatic rings. The van der Waals surface area contributed by atoms with Gasteiger partial charge in [-0.05, 0) is 50.9 Å². The number of rotatable bonds is 26. The number of carboxylic acids is 1. The van der Waals surface area contributed by atoms with E-state index < -0.39 is 5.97 Å². The molecule has 0 aliphatic heterocycles. The van der Waals surface area contributed by atoms with Crippen molar-refractivity contribution in [3.05, 3.63) is 24.3 Å². The fraction of sp³-hybridized carbons (Fsp3) is 0.833. The number of aliphatic hydroxyl groups excluding tert-OH is 1. The van der Waals surface area contributed by atoms with Crippen molar-refractivity contribution in [3.63, 3.8) is 0 Å². The molecule has 2 N–H and O–H groups in total. The van der Waals surface area contributed by atoms with Gasteiger partial charge in [0.25, 0.3) is 0 Å². The number of hydrogen-bond acceptors (Lipinski definition) is 2. The molecule has 0 heterocycles. The van der Waals surface area contributed by atoms with Gasteiger partial charge in [-0.2, -0.15) is 0 Å². The molecule has 33 heavy (non-hydrogen) atoms. The van der Waals surface area contributed by atoms with Crippen molar-refractivity contribution in [1.82, 2.24) is 0 Å². The van der Waals surface area contributed by atoms with Crippen molar-refractivity contribution < 1.29 is 15.0 Å². The largest absolute Gasteiger partial charge is 0.481 e. The third-order valence-electron chi connectivity index (χ3n) is 6.60. The molecule has 0 saturated heterocycles. The minimum absolute atomic E-state index is 0.338. The third kappa shape index (κ3) is 27.0. The van der Waals surface area contributed by atoms with Gasteiger partial charge in [-0.15, -0.1) is 0 Å². The number of aliphatic hydroxyl groups is 1. The maximum Gasteiger partial charge on any atom is 0.303 e. The van der Waals surface area contributed by atoms with E-state index in [1.807, 2.05) is 0 Å². The van der Waals surface area contributed by atoms with Crippen LogP contribution in [0.2, 0.25) is 0 Å². The molecule has 0 spiro atoms. The normalized spacial score (nSPS) is 12.8. The Balaban J connectivity index is 3.43. The van der Waals surface area contributed by atoms with Gasteiger partial charge in [-0.1, -0.05) is 121 Å². The summed E-state index contributed by atoms with van der Waals surface area (Å²) in [5.74, 6) is -0.0255. The highest BCUT2D eigenvalue weighted by molar-refractivity contribution is 5.66. The molecule has 0 fully saturated rings. The molecule has 0 aliphatic carbocycles. The minimum Gasteiger partial charge on any atom is -0.481 e. The Morgan fingerprint density at radius 3 is 1.64 bits per heavy atom. The van der Waals surface area contributed by atoms with Crippen LogP contribution in [-0.2, 0) is 4.79 Å². The Labute approximate surface area is 206 Å². The summed E-state index contributed by atoms with van der Waals surface area (Å²) in [5, 5.41) is 17.7. The van der Waals surface area contributed by atoms with E-state index in [2.05, 4.69) is 31.2 Å². The van der Waals surface area contributed by atoms with Crippen LogP contribution in [0.3, 0.4) is 0 Å². The molecule has 3 heteroatoms. The molecular weight excluding hydrogens is 408 g/mol. The van der Waals surface area contributed by atoms with E-state index in [9.17, 15) is 4.79 Å². The maximum atomic E-state index is 10.8. The first-order chi connectivity index (χ1) is 16.2. The van der Waals surface area contributed by atoms with Gasteiger partial charge < -0.3 is 10.2 Å². The summed E-state index contributed by atoms with van der Waals surface area (Å²) in [5.41, 5.74) is 0. The smallest absolute Gasteiger partial charge is 0.303 e. The lowest BCUT2D eigenvalue weighted by Crippen LogP contribution is -2.05. The molecule has 0 saturated carbocycles. The maximum absolute atomic E-state index is 10.8. The van der Waals surface area contributed by atoms with Crippen LogP contribution in [0.25, 0.3) is 0 Å². The van der Waals surface area contributed by atoms with Gasteiger partial charge in [0.1, 0.15) is 0 Å². The summed E-state index contributed by atoms with van der Waals surface area (Å²) in [6, 6.07) is 0. The Hall–Kier alpha value is -1.09. The number of unbranched alkanes of at least 4 members (excludes halogenated alkanes) is 14. The Bertz CT molecular complexity index is 455. The fourth-order valence-electron chi connectivity index (χ4n) is 4.42. The van der Waals surface area contributed by atoms with E-state index in [4.69, 9.17) is 10.2 Å². The molecule has 3 nitrogen and oxygen atoms in total. The number of aliphatic carboxylic acids is 1. The summed E-state index contributed by atoms with van der Waals surface area (Å²) in [7, 11) is 0. The van der Waals surface area contributed by atoms with Gasteiger partial charge >= 0.3 is 5.97 Å². The average molecular weight is 465 g/mol. The summed E-state index contributed by atoms with van der Waals surface area (Å²) in [6.07, 6.45) is 35.5. The highest BCUT2D eigenvalue weighted by Crippen LogP contribution is 2.22. The Kier molecular flexibility index (Phi) is 26.3. The highest BCUT2D eigenvalue weighted by atomic mass is 16.4. The van der Waals surface area contributed by atoms with Crippen molar-refractivity contribution in [3.8, 4) is 0 Å². The first-order valence-corrected chi connectivity index (χ1v) is 14.3. The van der Waals surface area contributed by atoms with Crippen LogP contribution in [0.15, 0.2) is 24.3 Å². The van der Waals surface area contributed by atoms with Gasteiger partial charge in [-0.25, -0.2) is 0 Å².